The van der Waals surface area contributed by atoms with Gasteiger partial charge in [0.25, 0.3) is 0 Å². The molecule has 1 saturated heterocycles. The number of carboxylic acid groups (broad SMARTS) is 1. The van der Waals surface area contributed by atoms with Crippen LogP contribution in [-0.4, -0.2) is 90.2 Å². The van der Waals surface area contributed by atoms with Gasteiger partial charge in [0.05, 0.1) is 24.5 Å². The van der Waals surface area contributed by atoms with Crippen LogP contribution in [0.15, 0.2) is 4.52 Å². The van der Waals surface area contributed by atoms with Crippen LogP contribution in [-0.2, 0) is 25.6 Å². The number of aryl methyl sites for hydroxylation is 2. The number of rotatable bonds is 5. The number of aliphatic carboxylic acids is 1. The number of nitrogens with zero attached hydrogens (tertiary/aromatic N) is 3. The van der Waals surface area contributed by atoms with E-state index in [1.165, 1.54) is 5.56 Å². The Labute approximate surface area is 178 Å². The average molecular weight is 451 g/mol. The average Bonchev–Trinajstić information content (AvgIpc) is 3.24. The maximum absolute atomic E-state index is 11.7. The first-order valence-electron chi connectivity index (χ1n) is 9.81. The fourth-order valence-electron chi connectivity index (χ4n) is 3.60. The number of hydrogen-bond acceptors (Lipinski definition) is 7. The van der Waals surface area contributed by atoms with E-state index in [0.29, 0.717) is 12.6 Å². The third-order valence-corrected chi connectivity index (χ3v) is 5.36. The highest BCUT2D eigenvalue weighted by Crippen LogP contribution is 2.33. The molecule has 2 aliphatic rings. The summed E-state index contributed by atoms with van der Waals surface area (Å²) in [6.07, 6.45) is -3.11. The first-order valence-corrected chi connectivity index (χ1v) is 9.81. The lowest BCUT2D eigenvalue weighted by molar-refractivity contribution is -0.192. The van der Waals surface area contributed by atoms with Gasteiger partial charge in [-0.05, 0) is 26.7 Å². The SMILES string of the molecule is Cc1noc(C)c1CN1CCO[C@H]2[C@H](OCC(=O)N(C)C)CC[C@@H]21.O=C(O)C(F)(F)F. The molecule has 9 nitrogen and oxygen atoms in total. The Hall–Kier alpha value is -2.18. The molecule has 1 N–H and O–H groups in total. The zero-order valence-corrected chi connectivity index (χ0v) is 17.9. The minimum Gasteiger partial charge on any atom is -0.475 e. The minimum atomic E-state index is -5.08. The number of hydrogen-bond donors (Lipinski definition) is 1. The number of morpholine rings is 1. The lowest BCUT2D eigenvalue weighted by Crippen LogP contribution is -2.51. The molecule has 0 unspecified atom stereocenters. The summed E-state index contributed by atoms with van der Waals surface area (Å²) in [5.41, 5.74) is 2.13. The van der Waals surface area contributed by atoms with Crippen LogP contribution in [0.4, 0.5) is 13.2 Å². The van der Waals surface area contributed by atoms with E-state index < -0.39 is 12.1 Å². The van der Waals surface area contributed by atoms with Crippen molar-refractivity contribution in [3.63, 3.8) is 0 Å². The summed E-state index contributed by atoms with van der Waals surface area (Å²) in [7, 11) is 3.48. The molecule has 176 valence electrons. The second-order valence-corrected chi connectivity index (χ2v) is 7.69. The number of ether oxygens (including phenoxy) is 2. The molecule has 3 atom stereocenters. The minimum absolute atomic E-state index is 0.00799. The van der Waals surface area contributed by atoms with E-state index in [2.05, 4.69) is 10.1 Å². The van der Waals surface area contributed by atoms with E-state index in [9.17, 15) is 18.0 Å². The highest BCUT2D eigenvalue weighted by atomic mass is 19.4. The van der Waals surface area contributed by atoms with Gasteiger partial charge in [0.2, 0.25) is 5.91 Å². The summed E-state index contributed by atoms with van der Waals surface area (Å²) in [5, 5.41) is 11.2. The molecular weight excluding hydrogens is 423 g/mol. The quantitative estimate of drug-likeness (QED) is 0.722. The van der Waals surface area contributed by atoms with Crippen LogP contribution in [0.25, 0.3) is 0 Å². The van der Waals surface area contributed by atoms with E-state index in [1.54, 1.807) is 19.0 Å². The van der Waals surface area contributed by atoms with Crippen molar-refractivity contribution >= 4 is 11.9 Å². The van der Waals surface area contributed by atoms with Crippen molar-refractivity contribution in [2.45, 2.75) is 57.7 Å². The van der Waals surface area contributed by atoms with Crippen LogP contribution < -0.4 is 0 Å². The number of likely N-dealkylation sites (N-methyl/N-ethyl adjacent to an activating group) is 1. The molecule has 31 heavy (non-hydrogen) atoms. The smallest absolute Gasteiger partial charge is 0.475 e. The van der Waals surface area contributed by atoms with Gasteiger partial charge < -0.3 is 24.0 Å². The van der Waals surface area contributed by atoms with Crippen LogP contribution in [0.2, 0.25) is 0 Å². The second kappa shape index (κ2) is 10.4. The highest BCUT2D eigenvalue weighted by molar-refractivity contribution is 5.76. The number of halogens is 3. The molecule has 2 fully saturated rings. The van der Waals surface area contributed by atoms with Gasteiger partial charge in [0.1, 0.15) is 12.4 Å². The van der Waals surface area contributed by atoms with Crippen molar-refractivity contribution < 1.29 is 41.9 Å². The van der Waals surface area contributed by atoms with Crippen molar-refractivity contribution in [2.24, 2.45) is 0 Å². The maximum Gasteiger partial charge on any atom is 0.490 e. The van der Waals surface area contributed by atoms with Gasteiger partial charge in [-0.15, -0.1) is 0 Å². The predicted octanol–water partition coefficient (Wildman–Crippen LogP) is 1.76. The molecule has 12 heteroatoms. The summed E-state index contributed by atoms with van der Waals surface area (Å²) in [6, 6.07) is 0.326. The third kappa shape index (κ3) is 6.65. The molecule has 1 aliphatic carbocycles. The summed E-state index contributed by atoms with van der Waals surface area (Å²) in [6.45, 7) is 6.47. The van der Waals surface area contributed by atoms with Crippen LogP contribution in [0.3, 0.4) is 0 Å². The number of carboxylic acids is 1. The van der Waals surface area contributed by atoms with Crippen molar-refractivity contribution in [1.29, 1.82) is 0 Å². The first kappa shape index (κ1) is 25.1. The molecule has 1 aromatic rings. The van der Waals surface area contributed by atoms with Gasteiger partial charge in [0.15, 0.2) is 0 Å². The molecule has 2 heterocycles. The molecule has 0 spiro atoms. The van der Waals surface area contributed by atoms with Crippen molar-refractivity contribution in [3.05, 3.63) is 17.0 Å². The third-order valence-electron chi connectivity index (χ3n) is 5.36. The Morgan fingerprint density at radius 1 is 1.29 bits per heavy atom. The normalized spacial score (nSPS) is 23.6. The monoisotopic (exact) mass is 451 g/mol. The van der Waals surface area contributed by atoms with Gasteiger partial charge >= 0.3 is 12.1 Å². The molecular formula is C19H28F3N3O6. The Balaban J connectivity index is 0.000000423. The number of aromatic nitrogens is 1. The van der Waals surface area contributed by atoms with E-state index in [1.807, 2.05) is 13.8 Å². The van der Waals surface area contributed by atoms with E-state index in [0.717, 1.165) is 37.4 Å². The van der Waals surface area contributed by atoms with Crippen molar-refractivity contribution in [3.8, 4) is 0 Å². The van der Waals surface area contributed by atoms with E-state index >= 15 is 0 Å². The van der Waals surface area contributed by atoms with E-state index in [-0.39, 0.29) is 24.7 Å². The topological polar surface area (TPSA) is 105 Å². The summed E-state index contributed by atoms with van der Waals surface area (Å²) < 4.78 is 48.9. The summed E-state index contributed by atoms with van der Waals surface area (Å²) >= 11 is 0. The zero-order chi connectivity index (χ0) is 23.3. The fraction of sp³-hybridized carbons (Fsp3) is 0.737. The maximum atomic E-state index is 11.7. The lowest BCUT2D eigenvalue weighted by Gasteiger charge is -2.39. The first-order chi connectivity index (χ1) is 14.4. The van der Waals surface area contributed by atoms with Crippen LogP contribution in [0, 0.1) is 13.8 Å². The number of amides is 1. The molecule has 1 saturated carbocycles. The number of alkyl halides is 3. The largest absolute Gasteiger partial charge is 0.490 e. The standard InChI is InChI=1S/C17H27N3O4.C2HF3O2/c1-11-13(12(2)24-18-11)9-20-7-8-22-17-14(20)5-6-15(17)23-10-16(21)19(3)4;3-2(4,5)1(6)7/h14-15,17H,5-10H2,1-4H3;(H,6,7)/t14-,15+,17+;/m0./s1. The molecule has 3 rings (SSSR count). The Bertz CT molecular complexity index is 748. The lowest BCUT2D eigenvalue weighted by atomic mass is 10.1. The molecule has 0 bridgehead atoms. The van der Waals surface area contributed by atoms with Crippen LogP contribution in [0.5, 0.6) is 0 Å². The fourth-order valence-corrected chi connectivity index (χ4v) is 3.60. The summed E-state index contributed by atoms with van der Waals surface area (Å²) in [4.78, 5) is 24.6. The van der Waals surface area contributed by atoms with Crippen molar-refractivity contribution in [2.75, 3.05) is 33.9 Å². The summed E-state index contributed by atoms with van der Waals surface area (Å²) in [5.74, 6) is -1.88. The molecule has 1 amide bonds. The van der Waals surface area contributed by atoms with Gasteiger partial charge in [-0.25, -0.2) is 4.79 Å². The Morgan fingerprint density at radius 2 is 1.94 bits per heavy atom. The van der Waals surface area contributed by atoms with Gasteiger partial charge in [-0.3, -0.25) is 9.69 Å². The van der Waals surface area contributed by atoms with Gasteiger partial charge in [-0.1, -0.05) is 5.16 Å². The second-order valence-electron chi connectivity index (χ2n) is 7.69. The number of carbonyl (C=O) groups is 2. The predicted molar refractivity (Wildman–Crippen MR) is 101 cm³/mol. The van der Waals surface area contributed by atoms with Crippen LogP contribution >= 0.6 is 0 Å². The molecule has 1 aliphatic heterocycles. The van der Waals surface area contributed by atoms with Crippen molar-refractivity contribution in [1.82, 2.24) is 15.0 Å². The van der Waals surface area contributed by atoms with Gasteiger partial charge in [-0.2, -0.15) is 13.2 Å². The van der Waals surface area contributed by atoms with Gasteiger partial charge in [0, 0.05) is 38.8 Å². The number of carbonyl (C=O) groups excluding carboxylic acids is 1. The Kier molecular flexibility index (Phi) is 8.43. The van der Waals surface area contributed by atoms with Crippen LogP contribution in [0.1, 0.15) is 29.9 Å². The molecule has 0 aromatic carbocycles. The zero-order valence-electron chi connectivity index (χ0n) is 17.9. The Morgan fingerprint density at radius 3 is 2.45 bits per heavy atom. The number of fused-ring (bicyclic) bond motifs is 1. The van der Waals surface area contributed by atoms with E-state index in [4.69, 9.17) is 23.9 Å². The molecule has 1 aromatic heterocycles. The highest BCUT2D eigenvalue weighted by Gasteiger charge is 2.43. The molecule has 0 radical (unpaired) electrons.